The van der Waals surface area contributed by atoms with Crippen LogP contribution in [0.5, 0.6) is 0 Å². The standard InChI is InChI=1S/C10H16F2O3/c1-5(2)3-6-4-7(10(13)14)8(15-6)9(11)12/h5-9H,3-4H2,1-2H3,(H,13,14). The zero-order valence-electron chi connectivity index (χ0n) is 8.82. The number of hydrogen-bond acceptors (Lipinski definition) is 2. The normalized spacial score (nSPS) is 31.5. The maximum atomic E-state index is 12.5. The smallest absolute Gasteiger partial charge is 0.309 e. The van der Waals surface area contributed by atoms with Crippen molar-refractivity contribution in [3.63, 3.8) is 0 Å². The van der Waals surface area contributed by atoms with Crippen LogP contribution < -0.4 is 0 Å². The predicted octanol–water partition coefficient (Wildman–Crippen LogP) is 2.16. The second kappa shape index (κ2) is 4.88. The molecule has 1 fully saturated rings. The first-order valence-electron chi connectivity index (χ1n) is 5.08. The minimum Gasteiger partial charge on any atom is -0.481 e. The molecule has 0 aliphatic carbocycles. The van der Waals surface area contributed by atoms with E-state index in [4.69, 9.17) is 9.84 Å². The molecule has 0 aromatic heterocycles. The van der Waals surface area contributed by atoms with Crippen molar-refractivity contribution in [1.82, 2.24) is 0 Å². The fourth-order valence-electron chi connectivity index (χ4n) is 1.94. The Morgan fingerprint density at radius 3 is 2.47 bits per heavy atom. The lowest BCUT2D eigenvalue weighted by atomic mass is 9.96. The average Bonchev–Trinajstić information content (AvgIpc) is 2.46. The van der Waals surface area contributed by atoms with Gasteiger partial charge in [0, 0.05) is 0 Å². The molecule has 0 amide bonds. The number of aliphatic carboxylic acids is 1. The van der Waals surface area contributed by atoms with Gasteiger partial charge in [0.1, 0.15) is 6.10 Å². The van der Waals surface area contributed by atoms with Gasteiger partial charge in [0.05, 0.1) is 12.0 Å². The SMILES string of the molecule is CC(C)CC1CC(C(=O)O)C(C(F)F)O1. The average molecular weight is 222 g/mol. The van der Waals surface area contributed by atoms with Gasteiger partial charge in [-0.2, -0.15) is 0 Å². The van der Waals surface area contributed by atoms with Crippen LogP contribution in [-0.2, 0) is 9.53 Å². The van der Waals surface area contributed by atoms with Gasteiger partial charge in [-0.3, -0.25) is 4.79 Å². The van der Waals surface area contributed by atoms with Gasteiger partial charge in [0.15, 0.2) is 0 Å². The topological polar surface area (TPSA) is 46.5 Å². The highest BCUT2D eigenvalue weighted by molar-refractivity contribution is 5.71. The van der Waals surface area contributed by atoms with E-state index in [2.05, 4.69) is 0 Å². The van der Waals surface area contributed by atoms with Gasteiger partial charge in [0.2, 0.25) is 0 Å². The number of carboxylic acids is 1. The Hall–Kier alpha value is -0.710. The number of rotatable bonds is 4. The van der Waals surface area contributed by atoms with Crippen LogP contribution in [0.2, 0.25) is 0 Å². The summed E-state index contributed by atoms with van der Waals surface area (Å²) < 4.78 is 30.0. The lowest BCUT2D eigenvalue weighted by Gasteiger charge is -2.15. The predicted molar refractivity (Wildman–Crippen MR) is 49.9 cm³/mol. The Bertz CT molecular complexity index is 231. The van der Waals surface area contributed by atoms with Gasteiger partial charge in [0.25, 0.3) is 6.43 Å². The highest BCUT2D eigenvalue weighted by atomic mass is 19.3. The molecular weight excluding hydrogens is 206 g/mol. The second-order valence-corrected chi connectivity index (χ2v) is 4.37. The summed E-state index contributed by atoms with van der Waals surface area (Å²) >= 11 is 0. The highest BCUT2D eigenvalue weighted by Gasteiger charge is 2.44. The van der Waals surface area contributed by atoms with E-state index >= 15 is 0 Å². The first kappa shape index (κ1) is 12.4. The molecule has 0 radical (unpaired) electrons. The number of alkyl halides is 2. The van der Waals surface area contributed by atoms with E-state index < -0.39 is 24.4 Å². The lowest BCUT2D eigenvalue weighted by Crippen LogP contribution is -2.30. The summed E-state index contributed by atoms with van der Waals surface area (Å²) in [5, 5.41) is 8.77. The summed E-state index contributed by atoms with van der Waals surface area (Å²) in [5.41, 5.74) is 0. The summed E-state index contributed by atoms with van der Waals surface area (Å²) in [5.74, 6) is -1.93. The fraction of sp³-hybridized carbons (Fsp3) is 0.900. The number of hydrogen-bond donors (Lipinski definition) is 1. The maximum absolute atomic E-state index is 12.5. The molecule has 5 heteroatoms. The molecule has 1 aliphatic rings. The minimum atomic E-state index is -2.72. The lowest BCUT2D eigenvalue weighted by molar-refractivity contribution is -0.147. The molecule has 0 spiro atoms. The summed E-state index contributed by atoms with van der Waals surface area (Å²) in [7, 11) is 0. The number of carboxylic acid groups (broad SMARTS) is 1. The Kier molecular flexibility index (Phi) is 4.02. The van der Waals surface area contributed by atoms with Gasteiger partial charge < -0.3 is 9.84 Å². The maximum Gasteiger partial charge on any atom is 0.309 e. The third-order valence-electron chi connectivity index (χ3n) is 2.56. The Labute approximate surface area is 87.4 Å². The molecule has 1 N–H and O–H groups in total. The van der Waals surface area contributed by atoms with Crippen molar-refractivity contribution >= 4 is 5.97 Å². The van der Waals surface area contributed by atoms with Crippen molar-refractivity contribution in [1.29, 1.82) is 0 Å². The van der Waals surface area contributed by atoms with E-state index in [1.807, 2.05) is 13.8 Å². The van der Waals surface area contributed by atoms with Crippen LogP contribution >= 0.6 is 0 Å². The van der Waals surface area contributed by atoms with Crippen molar-refractivity contribution in [2.45, 2.75) is 45.3 Å². The highest BCUT2D eigenvalue weighted by Crippen LogP contribution is 2.33. The zero-order chi connectivity index (χ0) is 11.6. The van der Waals surface area contributed by atoms with Crippen LogP contribution in [0.15, 0.2) is 0 Å². The van der Waals surface area contributed by atoms with Crippen LogP contribution in [0.3, 0.4) is 0 Å². The Morgan fingerprint density at radius 2 is 2.13 bits per heavy atom. The van der Waals surface area contributed by atoms with E-state index in [1.54, 1.807) is 0 Å². The van der Waals surface area contributed by atoms with Crippen LogP contribution in [0.4, 0.5) is 8.78 Å². The first-order chi connectivity index (χ1) is 6.91. The van der Waals surface area contributed by atoms with Crippen molar-refractivity contribution in [2.75, 3.05) is 0 Å². The number of ether oxygens (including phenoxy) is 1. The summed E-state index contributed by atoms with van der Waals surface area (Å²) in [6.45, 7) is 3.91. The van der Waals surface area contributed by atoms with Gasteiger partial charge in [-0.15, -0.1) is 0 Å². The molecule has 1 heterocycles. The first-order valence-corrected chi connectivity index (χ1v) is 5.08. The minimum absolute atomic E-state index is 0.197. The Balaban J connectivity index is 2.61. The van der Waals surface area contributed by atoms with E-state index in [0.717, 1.165) is 0 Å². The van der Waals surface area contributed by atoms with Crippen molar-refractivity contribution in [3.8, 4) is 0 Å². The largest absolute Gasteiger partial charge is 0.481 e. The molecule has 0 bridgehead atoms. The van der Waals surface area contributed by atoms with Gasteiger partial charge in [-0.05, 0) is 18.8 Å². The Morgan fingerprint density at radius 1 is 1.53 bits per heavy atom. The summed E-state index contributed by atoms with van der Waals surface area (Å²) in [4.78, 5) is 10.7. The van der Waals surface area contributed by atoms with Crippen LogP contribution in [-0.4, -0.2) is 29.7 Å². The second-order valence-electron chi connectivity index (χ2n) is 4.37. The van der Waals surface area contributed by atoms with Crippen molar-refractivity contribution in [3.05, 3.63) is 0 Å². The molecule has 3 atom stereocenters. The molecule has 15 heavy (non-hydrogen) atoms. The van der Waals surface area contributed by atoms with Crippen molar-refractivity contribution < 1.29 is 23.4 Å². The van der Waals surface area contributed by atoms with E-state index in [-0.39, 0.29) is 12.5 Å². The van der Waals surface area contributed by atoms with Crippen LogP contribution in [0, 0.1) is 11.8 Å². The van der Waals surface area contributed by atoms with E-state index in [0.29, 0.717) is 12.3 Å². The number of carbonyl (C=O) groups is 1. The third kappa shape index (κ3) is 3.12. The molecule has 1 rings (SSSR count). The molecule has 3 nitrogen and oxygen atoms in total. The molecule has 0 saturated carbocycles. The van der Waals surface area contributed by atoms with Gasteiger partial charge >= 0.3 is 5.97 Å². The molecule has 0 aromatic carbocycles. The third-order valence-corrected chi connectivity index (χ3v) is 2.56. The van der Waals surface area contributed by atoms with E-state index in [1.165, 1.54) is 0 Å². The number of halogens is 2. The molecule has 1 saturated heterocycles. The van der Waals surface area contributed by atoms with Crippen molar-refractivity contribution in [2.24, 2.45) is 11.8 Å². The van der Waals surface area contributed by atoms with Crippen LogP contribution in [0.25, 0.3) is 0 Å². The molecule has 1 aliphatic heterocycles. The molecule has 0 aromatic rings. The van der Waals surface area contributed by atoms with Gasteiger partial charge in [-0.25, -0.2) is 8.78 Å². The summed E-state index contributed by atoms with van der Waals surface area (Å²) in [6, 6.07) is 0. The monoisotopic (exact) mass is 222 g/mol. The quantitative estimate of drug-likeness (QED) is 0.792. The van der Waals surface area contributed by atoms with Crippen LogP contribution in [0.1, 0.15) is 26.7 Å². The molecule has 88 valence electrons. The summed E-state index contributed by atoms with van der Waals surface area (Å²) in [6.07, 6.45) is -3.67. The molecule has 3 unspecified atom stereocenters. The molecular formula is C10H16F2O3. The van der Waals surface area contributed by atoms with Gasteiger partial charge in [-0.1, -0.05) is 13.8 Å². The fourth-order valence-corrected chi connectivity index (χ4v) is 1.94. The van der Waals surface area contributed by atoms with E-state index in [9.17, 15) is 13.6 Å². The zero-order valence-corrected chi connectivity index (χ0v) is 8.82.